The Bertz CT molecular complexity index is 598. The van der Waals surface area contributed by atoms with E-state index in [1.807, 2.05) is 0 Å². The summed E-state index contributed by atoms with van der Waals surface area (Å²) in [5.74, 6) is -1.51. The van der Waals surface area contributed by atoms with Gasteiger partial charge in [0.05, 0.1) is 10.7 Å². The number of aromatic nitrogens is 1. The van der Waals surface area contributed by atoms with Crippen LogP contribution in [0.2, 0.25) is 10.0 Å². The Labute approximate surface area is 118 Å². The van der Waals surface area contributed by atoms with Gasteiger partial charge in [-0.25, -0.2) is 4.98 Å². The van der Waals surface area contributed by atoms with Gasteiger partial charge >= 0.3 is 5.97 Å². The Balaban J connectivity index is 2.38. The van der Waals surface area contributed by atoms with Gasteiger partial charge in [0, 0.05) is 16.0 Å². The van der Waals surface area contributed by atoms with Gasteiger partial charge in [0.1, 0.15) is 10.9 Å². The summed E-state index contributed by atoms with van der Waals surface area (Å²) in [4.78, 5) is 15.2. The Morgan fingerprint density at radius 1 is 1.44 bits per heavy atom. The molecule has 3 nitrogen and oxygen atoms in total. The van der Waals surface area contributed by atoms with Gasteiger partial charge in [0.25, 0.3) is 0 Å². The molecule has 0 radical (unpaired) electrons. The van der Waals surface area contributed by atoms with Crippen LogP contribution in [-0.2, 0) is 4.79 Å². The lowest BCUT2D eigenvalue weighted by molar-refractivity contribution is -0.138. The first kappa shape index (κ1) is 13.3. The molecule has 2 rings (SSSR count). The van der Waals surface area contributed by atoms with Gasteiger partial charge in [0.2, 0.25) is 0 Å². The van der Waals surface area contributed by atoms with Crippen molar-refractivity contribution < 1.29 is 9.90 Å². The highest BCUT2D eigenvalue weighted by molar-refractivity contribution is 7.10. The number of aliphatic carboxylic acids is 1. The monoisotopic (exact) mass is 301 g/mol. The number of thiazole rings is 1. The Kier molecular flexibility index (Phi) is 3.90. The van der Waals surface area contributed by atoms with Crippen LogP contribution in [0.3, 0.4) is 0 Å². The minimum Gasteiger partial charge on any atom is -0.481 e. The SMILES string of the molecule is CC(C(=O)O)c1nc(-c2ccc(Cl)cc2Cl)cs1. The van der Waals surface area contributed by atoms with E-state index in [0.29, 0.717) is 20.7 Å². The number of rotatable bonds is 3. The van der Waals surface area contributed by atoms with Crippen molar-refractivity contribution in [1.82, 2.24) is 4.98 Å². The molecule has 1 aromatic heterocycles. The number of halogens is 2. The summed E-state index contributed by atoms with van der Waals surface area (Å²) >= 11 is 13.2. The van der Waals surface area contributed by atoms with E-state index in [1.165, 1.54) is 11.3 Å². The average Bonchev–Trinajstić information content (AvgIpc) is 2.77. The summed E-state index contributed by atoms with van der Waals surface area (Å²) in [6, 6.07) is 5.13. The van der Waals surface area contributed by atoms with E-state index >= 15 is 0 Å². The van der Waals surface area contributed by atoms with Crippen LogP contribution in [0, 0.1) is 0 Å². The van der Waals surface area contributed by atoms with Crippen molar-refractivity contribution in [2.45, 2.75) is 12.8 Å². The molecule has 1 unspecified atom stereocenters. The van der Waals surface area contributed by atoms with Crippen LogP contribution in [0.15, 0.2) is 23.6 Å². The highest BCUT2D eigenvalue weighted by atomic mass is 35.5. The first-order chi connectivity index (χ1) is 8.49. The fraction of sp³-hybridized carbons (Fsp3) is 0.167. The molecule has 6 heteroatoms. The second kappa shape index (κ2) is 5.26. The van der Waals surface area contributed by atoms with E-state index in [1.54, 1.807) is 30.5 Å². The number of carboxylic acids is 1. The maximum atomic E-state index is 10.9. The lowest BCUT2D eigenvalue weighted by Gasteiger charge is -2.02. The van der Waals surface area contributed by atoms with E-state index in [-0.39, 0.29) is 0 Å². The highest BCUT2D eigenvalue weighted by Crippen LogP contribution is 2.32. The largest absolute Gasteiger partial charge is 0.481 e. The molecule has 1 atom stereocenters. The van der Waals surface area contributed by atoms with E-state index in [4.69, 9.17) is 28.3 Å². The second-order valence-electron chi connectivity index (χ2n) is 3.76. The van der Waals surface area contributed by atoms with Crippen LogP contribution >= 0.6 is 34.5 Å². The Morgan fingerprint density at radius 3 is 2.78 bits per heavy atom. The Morgan fingerprint density at radius 2 is 2.17 bits per heavy atom. The molecule has 1 aromatic carbocycles. The third-order valence-corrected chi connectivity index (χ3v) is 4.05. The number of benzene rings is 1. The van der Waals surface area contributed by atoms with Crippen molar-refractivity contribution >= 4 is 40.5 Å². The van der Waals surface area contributed by atoms with Gasteiger partial charge in [-0.1, -0.05) is 23.2 Å². The van der Waals surface area contributed by atoms with Crippen molar-refractivity contribution in [1.29, 1.82) is 0 Å². The van der Waals surface area contributed by atoms with Gasteiger partial charge < -0.3 is 5.11 Å². The molecule has 0 aliphatic heterocycles. The molecule has 0 fully saturated rings. The summed E-state index contributed by atoms with van der Waals surface area (Å²) in [5.41, 5.74) is 1.42. The molecule has 0 spiro atoms. The number of hydrogen-bond donors (Lipinski definition) is 1. The fourth-order valence-corrected chi connectivity index (χ4v) is 2.79. The molecule has 0 amide bonds. The third kappa shape index (κ3) is 2.66. The van der Waals surface area contributed by atoms with Crippen LogP contribution in [-0.4, -0.2) is 16.1 Å². The molecular weight excluding hydrogens is 293 g/mol. The molecular formula is C12H9Cl2NO2S. The Hall–Kier alpha value is -1.10. The molecule has 0 aliphatic rings. The van der Waals surface area contributed by atoms with Crippen LogP contribution < -0.4 is 0 Å². The molecule has 0 bridgehead atoms. The van der Waals surface area contributed by atoms with Crippen molar-refractivity contribution in [2.75, 3.05) is 0 Å². The maximum absolute atomic E-state index is 10.9. The van der Waals surface area contributed by atoms with Crippen molar-refractivity contribution in [2.24, 2.45) is 0 Å². The van der Waals surface area contributed by atoms with E-state index in [0.717, 1.165) is 5.56 Å². The number of carbonyl (C=O) groups is 1. The van der Waals surface area contributed by atoms with E-state index in [9.17, 15) is 4.79 Å². The molecule has 1 N–H and O–H groups in total. The van der Waals surface area contributed by atoms with Crippen molar-refractivity contribution in [3.63, 3.8) is 0 Å². The van der Waals surface area contributed by atoms with Gasteiger partial charge in [-0.05, 0) is 25.1 Å². The fourth-order valence-electron chi connectivity index (χ4n) is 1.41. The van der Waals surface area contributed by atoms with Crippen molar-refractivity contribution in [3.8, 4) is 11.3 Å². The number of hydrogen-bond acceptors (Lipinski definition) is 3. The normalized spacial score (nSPS) is 12.4. The summed E-state index contributed by atoms with van der Waals surface area (Å²) in [7, 11) is 0. The zero-order valence-electron chi connectivity index (χ0n) is 9.35. The van der Waals surface area contributed by atoms with Crippen LogP contribution in [0.25, 0.3) is 11.3 Å². The second-order valence-corrected chi connectivity index (χ2v) is 5.49. The third-order valence-electron chi connectivity index (χ3n) is 2.47. The summed E-state index contributed by atoms with van der Waals surface area (Å²) in [6.07, 6.45) is 0. The zero-order valence-corrected chi connectivity index (χ0v) is 11.7. The van der Waals surface area contributed by atoms with E-state index < -0.39 is 11.9 Å². The molecule has 2 aromatic rings. The van der Waals surface area contributed by atoms with Gasteiger partial charge in [0.15, 0.2) is 0 Å². The van der Waals surface area contributed by atoms with Crippen LogP contribution in [0.4, 0.5) is 0 Å². The lowest BCUT2D eigenvalue weighted by atomic mass is 10.1. The smallest absolute Gasteiger partial charge is 0.313 e. The minimum atomic E-state index is -0.891. The standard InChI is InChI=1S/C12H9Cl2NO2S/c1-6(12(16)17)11-15-10(5-18-11)8-3-2-7(13)4-9(8)14/h2-6H,1H3,(H,16,17). The molecule has 0 saturated carbocycles. The van der Waals surface area contributed by atoms with Crippen LogP contribution in [0.5, 0.6) is 0 Å². The maximum Gasteiger partial charge on any atom is 0.313 e. The predicted molar refractivity (Wildman–Crippen MR) is 73.6 cm³/mol. The minimum absolute atomic E-state index is 0.502. The summed E-state index contributed by atoms with van der Waals surface area (Å²) in [5, 5.41) is 12.3. The molecule has 0 aliphatic carbocycles. The first-order valence-electron chi connectivity index (χ1n) is 5.12. The molecule has 18 heavy (non-hydrogen) atoms. The predicted octanol–water partition coefficient (Wildman–Crippen LogP) is 4.31. The van der Waals surface area contributed by atoms with Gasteiger partial charge in [-0.15, -0.1) is 11.3 Å². The van der Waals surface area contributed by atoms with Crippen LogP contribution in [0.1, 0.15) is 17.8 Å². The average molecular weight is 302 g/mol. The first-order valence-corrected chi connectivity index (χ1v) is 6.76. The number of nitrogens with zero attached hydrogens (tertiary/aromatic N) is 1. The van der Waals surface area contributed by atoms with E-state index in [2.05, 4.69) is 4.98 Å². The molecule has 94 valence electrons. The molecule has 1 heterocycles. The number of carboxylic acid groups (broad SMARTS) is 1. The van der Waals surface area contributed by atoms with Crippen molar-refractivity contribution in [3.05, 3.63) is 38.6 Å². The van der Waals surface area contributed by atoms with Gasteiger partial charge in [-0.2, -0.15) is 0 Å². The topological polar surface area (TPSA) is 50.2 Å². The summed E-state index contributed by atoms with van der Waals surface area (Å²) in [6.45, 7) is 1.61. The van der Waals surface area contributed by atoms with Gasteiger partial charge in [-0.3, -0.25) is 4.79 Å². The zero-order chi connectivity index (χ0) is 13.3. The quantitative estimate of drug-likeness (QED) is 0.919. The highest BCUT2D eigenvalue weighted by Gasteiger charge is 2.18. The lowest BCUT2D eigenvalue weighted by Crippen LogP contribution is -2.06. The molecule has 0 saturated heterocycles. The summed E-state index contributed by atoms with van der Waals surface area (Å²) < 4.78 is 0.